The molecule has 0 aliphatic heterocycles. The number of benzene rings is 3. The van der Waals surface area contributed by atoms with E-state index in [1.54, 1.807) is 56.7 Å². The predicted molar refractivity (Wildman–Crippen MR) is 296 cm³/mol. The molecule has 1 aliphatic carbocycles. The second-order valence-electron chi connectivity index (χ2n) is 20.0. The lowest BCUT2D eigenvalue weighted by atomic mass is 9.82. The van der Waals surface area contributed by atoms with Gasteiger partial charge in [-0.15, -0.1) is 0 Å². The quantitative estimate of drug-likeness (QED) is 0.0287. The number of likely N-dealkylation sites (N-methyl/N-ethyl adjacent to an activating group) is 1. The minimum Gasteiger partial charge on any atom is -0.497 e. The average Bonchev–Trinajstić information content (AvgIpc) is 3.40. The first-order valence-corrected chi connectivity index (χ1v) is 26.1. The van der Waals surface area contributed by atoms with Crippen molar-refractivity contribution >= 4 is 29.8 Å². The number of rotatable bonds is 24. The maximum Gasteiger partial charge on any atom is 0.314 e. The molecule has 3 aromatic carbocycles. The number of aromatic nitrogens is 2. The van der Waals surface area contributed by atoms with Crippen LogP contribution >= 0.6 is 0 Å². The van der Waals surface area contributed by atoms with Crippen molar-refractivity contribution in [2.75, 3.05) is 52.8 Å². The first kappa shape index (κ1) is 62.0. The van der Waals surface area contributed by atoms with E-state index in [9.17, 15) is 29.0 Å². The number of methoxy groups -OCH3 is 2. The Morgan fingerprint density at radius 2 is 1.43 bits per heavy atom. The van der Waals surface area contributed by atoms with E-state index in [0.717, 1.165) is 96.1 Å². The van der Waals surface area contributed by atoms with E-state index in [1.165, 1.54) is 23.8 Å². The van der Waals surface area contributed by atoms with E-state index in [1.807, 2.05) is 44.3 Å². The van der Waals surface area contributed by atoms with Gasteiger partial charge in [-0.05, 0) is 141 Å². The van der Waals surface area contributed by atoms with Crippen molar-refractivity contribution < 1.29 is 53.4 Å². The van der Waals surface area contributed by atoms with Crippen LogP contribution in [0.3, 0.4) is 0 Å². The summed E-state index contributed by atoms with van der Waals surface area (Å²) in [7, 11) is 7.47. The molecule has 412 valence electrons. The summed E-state index contributed by atoms with van der Waals surface area (Å²) in [6.45, 7) is 12.0. The lowest BCUT2D eigenvalue weighted by molar-refractivity contribution is -0.141. The number of halogens is 1. The van der Waals surface area contributed by atoms with E-state index in [-0.39, 0.29) is 42.4 Å². The smallest absolute Gasteiger partial charge is 0.314 e. The topological polar surface area (TPSA) is 218 Å². The van der Waals surface area contributed by atoms with Gasteiger partial charge >= 0.3 is 17.9 Å². The van der Waals surface area contributed by atoms with Crippen LogP contribution in [-0.2, 0) is 38.7 Å². The lowest BCUT2D eigenvalue weighted by Crippen LogP contribution is -2.31. The van der Waals surface area contributed by atoms with Crippen molar-refractivity contribution in [3.63, 3.8) is 0 Å². The fourth-order valence-corrected chi connectivity index (χ4v) is 8.75. The molecular weight excluding hydrogens is 970 g/mol. The lowest BCUT2D eigenvalue weighted by Gasteiger charge is -2.26. The average molecular weight is 1050 g/mol. The summed E-state index contributed by atoms with van der Waals surface area (Å²) < 4.78 is 29.8. The highest BCUT2D eigenvalue weighted by atomic mass is 19.1. The first-order valence-electron chi connectivity index (χ1n) is 26.1. The van der Waals surface area contributed by atoms with E-state index < -0.39 is 30.6 Å². The molecule has 1 fully saturated rings. The Morgan fingerprint density at radius 3 is 1.97 bits per heavy atom. The number of carboxylic acids is 2. The summed E-state index contributed by atoms with van der Waals surface area (Å²) >= 11 is 0. The molecule has 0 bridgehead atoms. The van der Waals surface area contributed by atoms with Crippen LogP contribution < -0.4 is 20.1 Å². The van der Waals surface area contributed by atoms with Gasteiger partial charge in [0, 0.05) is 62.6 Å². The van der Waals surface area contributed by atoms with E-state index in [2.05, 4.69) is 60.9 Å². The fourth-order valence-electron chi connectivity index (χ4n) is 8.75. The molecule has 0 saturated heterocycles. The standard InChI is InChI=1S/C26H34FNO5.C17H23N3O.C17H23NO4/c1-15(2)25-21(11-10-19(29)12-20(30)13-23(31)32)24(17-6-8-18(27)9-7-17)22(14-33-5)26(28-25)16(3)4;1-19(2)12-13-20(17-6-4-5-11-18-17)14-15-7-9-16(21-3)10-8-15;18-11-13-1-6-14(7-2-13)17(21)22-15-8-3-12(4-9-15)5-10-16(19)20/h6-11,15-16,19-20,29-30H,12-14H2,1-5H3,(H,31,32);4-11H,12-14H2,1-3H3;3-4,8-9,13-14H,1-2,5-7,10-11,18H2,(H,19,20)/b11-10+;;/t19-,20-;;/m1../s1. The van der Waals surface area contributed by atoms with Crippen molar-refractivity contribution in [1.82, 2.24) is 14.9 Å². The van der Waals surface area contributed by atoms with Gasteiger partial charge in [0.2, 0.25) is 0 Å². The third kappa shape index (κ3) is 20.9. The van der Waals surface area contributed by atoms with Gasteiger partial charge in [0.15, 0.2) is 0 Å². The van der Waals surface area contributed by atoms with Crippen molar-refractivity contribution in [1.29, 1.82) is 0 Å². The minimum absolute atomic E-state index is 0.0329. The number of hydrogen-bond donors (Lipinski definition) is 5. The third-order valence-electron chi connectivity index (χ3n) is 12.9. The Hall–Kier alpha value is -6.56. The molecule has 76 heavy (non-hydrogen) atoms. The molecule has 1 aliphatic rings. The molecule has 0 radical (unpaired) electrons. The molecule has 16 heteroatoms. The Morgan fingerprint density at radius 1 is 0.803 bits per heavy atom. The molecule has 1 saturated carbocycles. The Bertz CT molecular complexity index is 2550. The van der Waals surface area contributed by atoms with Crippen LogP contribution in [0.5, 0.6) is 11.5 Å². The minimum atomic E-state index is -1.16. The molecule has 2 atom stereocenters. The number of esters is 1. The summed E-state index contributed by atoms with van der Waals surface area (Å²) in [6.07, 6.45) is 6.63. The van der Waals surface area contributed by atoms with Gasteiger partial charge in [-0.25, -0.2) is 9.37 Å². The third-order valence-corrected chi connectivity index (χ3v) is 12.9. The fraction of sp³-hybridized carbons (Fsp3) is 0.450. The number of hydrogen-bond acceptors (Lipinski definition) is 13. The zero-order chi connectivity index (χ0) is 55.7. The van der Waals surface area contributed by atoms with Crippen LogP contribution in [0.25, 0.3) is 17.2 Å². The van der Waals surface area contributed by atoms with Gasteiger partial charge in [-0.1, -0.05) is 82.3 Å². The van der Waals surface area contributed by atoms with Crippen molar-refractivity contribution in [3.8, 4) is 22.6 Å². The first-order chi connectivity index (χ1) is 36.3. The molecule has 6 rings (SSSR count). The van der Waals surface area contributed by atoms with Crippen molar-refractivity contribution in [2.45, 2.75) is 116 Å². The van der Waals surface area contributed by atoms with Gasteiger partial charge in [0.05, 0.1) is 44.0 Å². The maximum absolute atomic E-state index is 13.7. The van der Waals surface area contributed by atoms with Gasteiger partial charge in [0.25, 0.3) is 0 Å². The van der Waals surface area contributed by atoms with Crippen LogP contribution in [0.1, 0.15) is 118 Å². The molecule has 6 N–H and O–H groups in total. The number of ether oxygens (including phenoxy) is 3. The largest absolute Gasteiger partial charge is 0.497 e. The van der Waals surface area contributed by atoms with Gasteiger partial charge < -0.3 is 50.2 Å². The number of carbonyl (C=O) groups is 3. The molecule has 5 aromatic rings. The number of nitrogens with two attached hydrogens (primary N) is 1. The van der Waals surface area contributed by atoms with Crippen molar-refractivity contribution in [2.24, 2.45) is 17.6 Å². The number of aliphatic hydroxyl groups is 2. The van der Waals surface area contributed by atoms with Crippen LogP contribution in [0.2, 0.25) is 0 Å². The van der Waals surface area contributed by atoms with Crippen LogP contribution in [-0.4, -0.2) is 113 Å². The normalized spacial score (nSPS) is 15.1. The second kappa shape index (κ2) is 32.1. The number of nitrogens with zero attached hydrogens (tertiary/aromatic N) is 4. The SMILES string of the molecule is COCc1c(C(C)C)nc(C(C)C)c(/C=C/[C@@H](O)C[C@@H](O)CC(=O)O)c1-c1ccc(F)cc1.COc1ccc(CN(CCN(C)C)c2ccccn2)cc1.NCC1CCC(C(=O)Oc2ccc(CCC(=O)O)cc2)CC1. The zero-order valence-electron chi connectivity index (χ0n) is 45.5. The highest BCUT2D eigenvalue weighted by Gasteiger charge is 2.27. The monoisotopic (exact) mass is 1050 g/mol. The highest BCUT2D eigenvalue weighted by Crippen LogP contribution is 2.38. The van der Waals surface area contributed by atoms with Crippen LogP contribution in [0.15, 0.2) is 103 Å². The number of anilines is 1. The summed E-state index contributed by atoms with van der Waals surface area (Å²) in [5.41, 5.74) is 12.9. The number of carbonyl (C=O) groups excluding carboxylic acids is 1. The van der Waals surface area contributed by atoms with Gasteiger partial charge in [-0.2, -0.15) is 0 Å². The number of carboxylic acid groups (broad SMARTS) is 2. The summed E-state index contributed by atoms with van der Waals surface area (Å²) in [5.74, 6) is 0.654. The summed E-state index contributed by atoms with van der Waals surface area (Å²) in [6, 6.07) is 27.5. The van der Waals surface area contributed by atoms with E-state index in [0.29, 0.717) is 31.2 Å². The van der Waals surface area contributed by atoms with E-state index >= 15 is 0 Å². The molecule has 0 unspecified atom stereocenters. The summed E-state index contributed by atoms with van der Waals surface area (Å²) in [4.78, 5) is 47.4. The van der Waals surface area contributed by atoms with Crippen molar-refractivity contribution in [3.05, 3.63) is 143 Å². The summed E-state index contributed by atoms with van der Waals surface area (Å²) in [5, 5.41) is 37.7. The van der Waals surface area contributed by atoms with E-state index in [4.69, 9.17) is 35.1 Å². The number of aliphatic hydroxyl groups excluding tert-OH is 2. The van der Waals surface area contributed by atoms with Crippen LogP contribution in [0, 0.1) is 17.7 Å². The Labute approximate surface area is 448 Å². The molecule has 15 nitrogen and oxygen atoms in total. The zero-order valence-corrected chi connectivity index (χ0v) is 45.5. The molecule has 2 aromatic heterocycles. The molecule has 0 spiro atoms. The molecular formula is C60H80FN5O10. The number of aryl methyl sites for hydroxylation is 1. The molecule has 0 amide bonds. The Kier molecular flexibility index (Phi) is 26.2. The Balaban J connectivity index is 0.000000255. The van der Waals surface area contributed by atoms with Crippen LogP contribution in [0.4, 0.5) is 10.2 Å². The highest BCUT2D eigenvalue weighted by molar-refractivity contribution is 5.80. The predicted octanol–water partition coefficient (Wildman–Crippen LogP) is 9.91. The number of pyridine rings is 2. The maximum atomic E-state index is 13.7. The second-order valence-corrected chi connectivity index (χ2v) is 20.0. The number of aliphatic carboxylic acids is 2. The van der Waals surface area contributed by atoms with Gasteiger partial charge in [-0.3, -0.25) is 19.4 Å². The van der Waals surface area contributed by atoms with Gasteiger partial charge in [0.1, 0.15) is 23.1 Å². The molecule has 2 heterocycles.